The number of aromatic nitrogens is 4. The molecule has 0 atom stereocenters. The lowest BCUT2D eigenvalue weighted by molar-refractivity contribution is 0.634. The molecule has 0 radical (unpaired) electrons. The first-order valence-corrected chi connectivity index (χ1v) is 7.40. The van der Waals surface area contributed by atoms with Crippen molar-refractivity contribution in [2.45, 2.75) is 52.7 Å². The first-order chi connectivity index (χ1) is 9.60. The molecule has 2 aromatic heterocycles. The number of nitrogens with zero attached hydrogens (tertiary/aromatic N) is 4. The van der Waals surface area contributed by atoms with Crippen LogP contribution in [0.5, 0.6) is 0 Å². The van der Waals surface area contributed by atoms with Crippen molar-refractivity contribution >= 4 is 0 Å². The maximum atomic E-state index is 4.67. The van der Waals surface area contributed by atoms with Gasteiger partial charge in [0, 0.05) is 49.2 Å². The zero-order valence-corrected chi connectivity index (χ0v) is 12.8. The predicted octanol–water partition coefficient (Wildman–Crippen LogP) is 2.17. The van der Waals surface area contributed by atoms with E-state index in [1.54, 1.807) is 0 Å². The number of aryl methyl sites for hydroxylation is 3. The van der Waals surface area contributed by atoms with Crippen molar-refractivity contribution in [1.29, 1.82) is 0 Å². The maximum absolute atomic E-state index is 4.67. The van der Waals surface area contributed by atoms with Gasteiger partial charge in [-0.2, -0.15) is 10.2 Å². The van der Waals surface area contributed by atoms with E-state index in [-0.39, 0.29) is 0 Å². The first-order valence-electron chi connectivity index (χ1n) is 7.40. The largest absolute Gasteiger partial charge is 0.310 e. The van der Waals surface area contributed by atoms with E-state index in [1.165, 1.54) is 29.7 Å². The Morgan fingerprint density at radius 3 is 2.65 bits per heavy atom. The van der Waals surface area contributed by atoms with Crippen LogP contribution < -0.4 is 5.32 Å². The highest BCUT2D eigenvalue weighted by molar-refractivity contribution is 5.67. The molecule has 20 heavy (non-hydrogen) atoms. The Morgan fingerprint density at radius 1 is 1.30 bits per heavy atom. The predicted molar refractivity (Wildman–Crippen MR) is 79.4 cm³/mol. The Labute approximate surface area is 120 Å². The van der Waals surface area contributed by atoms with Crippen LogP contribution in [-0.4, -0.2) is 25.6 Å². The smallest absolute Gasteiger partial charge is 0.100 e. The van der Waals surface area contributed by atoms with Gasteiger partial charge in [-0.1, -0.05) is 0 Å². The minimum atomic E-state index is 0.712. The number of hydrogen-bond acceptors (Lipinski definition) is 3. The van der Waals surface area contributed by atoms with E-state index >= 15 is 0 Å². The molecule has 0 spiro atoms. The van der Waals surface area contributed by atoms with E-state index in [4.69, 9.17) is 0 Å². The third-order valence-electron chi connectivity index (χ3n) is 3.98. The topological polar surface area (TPSA) is 47.7 Å². The summed E-state index contributed by atoms with van der Waals surface area (Å²) in [6, 6.07) is 0.712. The summed E-state index contributed by atoms with van der Waals surface area (Å²) in [6.45, 7) is 8.11. The van der Waals surface area contributed by atoms with Gasteiger partial charge < -0.3 is 5.32 Å². The molecule has 1 aliphatic rings. The van der Waals surface area contributed by atoms with Gasteiger partial charge in [-0.15, -0.1) is 0 Å². The van der Waals surface area contributed by atoms with E-state index in [9.17, 15) is 0 Å². The highest BCUT2D eigenvalue weighted by Crippen LogP contribution is 2.29. The number of nitrogens with one attached hydrogen (secondary N) is 1. The molecule has 108 valence electrons. The summed E-state index contributed by atoms with van der Waals surface area (Å²) in [5, 5.41) is 12.9. The Balaban J connectivity index is 1.97. The Bertz CT molecular complexity index is 618. The summed E-state index contributed by atoms with van der Waals surface area (Å²) < 4.78 is 3.96. The molecular formula is C15H23N5. The van der Waals surface area contributed by atoms with Crippen LogP contribution in [0.25, 0.3) is 11.3 Å². The molecule has 0 unspecified atom stereocenters. The van der Waals surface area contributed by atoms with Gasteiger partial charge in [0.05, 0.1) is 5.69 Å². The zero-order chi connectivity index (χ0) is 14.3. The standard InChI is InChI=1S/C15H23N5/c1-5-20-11(3)14(10(2)17-20)15-12(9-19(4)18-15)8-16-13-6-7-13/h9,13,16H,5-8H2,1-4H3. The third-order valence-corrected chi connectivity index (χ3v) is 3.98. The van der Waals surface area contributed by atoms with Gasteiger partial charge in [0.2, 0.25) is 0 Å². The van der Waals surface area contributed by atoms with E-state index in [0.29, 0.717) is 6.04 Å². The van der Waals surface area contributed by atoms with E-state index in [0.717, 1.165) is 24.5 Å². The lowest BCUT2D eigenvalue weighted by atomic mass is 10.1. The molecule has 5 nitrogen and oxygen atoms in total. The minimum absolute atomic E-state index is 0.712. The summed E-state index contributed by atoms with van der Waals surface area (Å²) >= 11 is 0. The molecule has 2 aromatic rings. The molecule has 0 saturated heterocycles. The monoisotopic (exact) mass is 273 g/mol. The summed E-state index contributed by atoms with van der Waals surface area (Å²) in [6.07, 6.45) is 4.73. The fourth-order valence-electron chi connectivity index (χ4n) is 2.77. The summed E-state index contributed by atoms with van der Waals surface area (Å²) in [5.41, 5.74) is 5.81. The first kappa shape index (κ1) is 13.4. The van der Waals surface area contributed by atoms with Crippen molar-refractivity contribution in [2.24, 2.45) is 7.05 Å². The second kappa shape index (κ2) is 5.05. The lowest BCUT2D eigenvalue weighted by Gasteiger charge is -2.05. The molecule has 0 amide bonds. The molecule has 1 aliphatic carbocycles. The summed E-state index contributed by atoms with van der Waals surface area (Å²) in [7, 11) is 1.99. The maximum Gasteiger partial charge on any atom is 0.100 e. The van der Waals surface area contributed by atoms with Crippen LogP contribution in [0.2, 0.25) is 0 Å². The SMILES string of the molecule is CCn1nc(C)c(-c2nn(C)cc2CNC2CC2)c1C. The van der Waals surface area contributed by atoms with Gasteiger partial charge in [-0.3, -0.25) is 9.36 Å². The van der Waals surface area contributed by atoms with Gasteiger partial charge in [0.1, 0.15) is 5.69 Å². The molecule has 0 bridgehead atoms. The molecular weight excluding hydrogens is 250 g/mol. The normalized spacial score (nSPS) is 15.0. The fourth-order valence-corrected chi connectivity index (χ4v) is 2.77. The van der Waals surface area contributed by atoms with Crippen molar-refractivity contribution in [2.75, 3.05) is 0 Å². The lowest BCUT2D eigenvalue weighted by Crippen LogP contribution is -2.15. The van der Waals surface area contributed by atoms with Crippen LogP contribution in [0.15, 0.2) is 6.20 Å². The van der Waals surface area contributed by atoms with Crippen LogP contribution in [0, 0.1) is 13.8 Å². The van der Waals surface area contributed by atoms with Crippen molar-refractivity contribution < 1.29 is 0 Å². The molecule has 1 saturated carbocycles. The summed E-state index contributed by atoms with van der Waals surface area (Å²) in [5.74, 6) is 0. The van der Waals surface area contributed by atoms with Gasteiger partial charge >= 0.3 is 0 Å². The van der Waals surface area contributed by atoms with Gasteiger partial charge in [-0.05, 0) is 33.6 Å². The fraction of sp³-hybridized carbons (Fsp3) is 0.600. The molecule has 2 heterocycles. The Kier molecular flexibility index (Phi) is 3.38. The van der Waals surface area contributed by atoms with Gasteiger partial charge in [0.25, 0.3) is 0 Å². The van der Waals surface area contributed by atoms with Crippen molar-refractivity contribution in [3.8, 4) is 11.3 Å². The molecule has 1 N–H and O–H groups in total. The number of rotatable bonds is 5. The van der Waals surface area contributed by atoms with Gasteiger partial charge in [0.15, 0.2) is 0 Å². The van der Waals surface area contributed by atoms with Crippen LogP contribution in [0.1, 0.15) is 36.7 Å². The van der Waals surface area contributed by atoms with E-state index < -0.39 is 0 Å². The zero-order valence-electron chi connectivity index (χ0n) is 12.8. The average molecular weight is 273 g/mol. The molecule has 0 aromatic carbocycles. The average Bonchev–Trinajstić information content (AvgIpc) is 3.11. The third kappa shape index (κ3) is 2.38. The second-order valence-electron chi connectivity index (χ2n) is 5.69. The quantitative estimate of drug-likeness (QED) is 0.908. The Morgan fingerprint density at radius 2 is 2.05 bits per heavy atom. The molecule has 0 aliphatic heterocycles. The van der Waals surface area contributed by atoms with Crippen molar-refractivity contribution in [3.63, 3.8) is 0 Å². The van der Waals surface area contributed by atoms with E-state index in [1.807, 2.05) is 11.7 Å². The van der Waals surface area contributed by atoms with Gasteiger partial charge in [-0.25, -0.2) is 0 Å². The van der Waals surface area contributed by atoms with Crippen LogP contribution in [0.3, 0.4) is 0 Å². The van der Waals surface area contributed by atoms with Crippen molar-refractivity contribution in [3.05, 3.63) is 23.1 Å². The van der Waals surface area contributed by atoms with Crippen LogP contribution >= 0.6 is 0 Å². The Hall–Kier alpha value is -1.62. The molecule has 1 fully saturated rings. The molecule has 3 rings (SSSR count). The van der Waals surface area contributed by atoms with Crippen molar-refractivity contribution in [1.82, 2.24) is 24.9 Å². The molecule has 5 heteroatoms. The highest BCUT2D eigenvalue weighted by atomic mass is 15.3. The second-order valence-corrected chi connectivity index (χ2v) is 5.69. The highest BCUT2D eigenvalue weighted by Gasteiger charge is 2.23. The minimum Gasteiger partial charge on any atom is -0.310 e. The van der Waals surface area contributed by atoms with Crippen LogP contribution in [-0.2, 0) is 20.1 Å². The van der Waals surface area contributed by atoms with E-state index in [2.05, 4.69) is 47.2 Å². The summed E-state index contributed by atoms with van der Waals surface area (Å²) in [4.78, 5) is 0. The number of hydrogen-bond donors (Lipinski definition) is 1. The van der Waals surface area contributed by atoms with Crippen LogP contribution in [0.4, 0.5) is 0 Å².